The fourth-order valence-electron chi connectivity index (χ4n) is 2.80. The van der Waals surface area contributed by atoms with Crippen LogP contribution in [0.4, 0.5) is 10.5 Å². The highest BCUT2D eigenvalue weighted by atomic mass is 35.5. The molecule has 0 bridgehead atoms. The summed E-state index contributed by atoms with van der Waals surface area (Å²) < 4.78 is 10.6. The first-order valence-corrected chi connectivity index (χ1v) is 8.64. The molecule has 0 unspecified atom stereocenters. The van der Waals surface area contributed by atoms with Crippen molar-refractivity contribution in [3.8, 4) is 11.5 Å². The second kappa shape index (κ2) is 7.87. The molecule has 0 spiro atoms. The third-order valence-corrected chi connectivity index (χ3v) is 4.50. The van der Waals surface area contributed by atoms with Crippen LogP contribution >= 0.6 is 11.6 Å². The third-order valence-electron chi connectivity index (χ3n) is 4.20. The van der Waals surface area contributed by atoms with Crippen LogP contribution in [0.15, 0.2) is 30.3 Å². The number of nitrogens with one attached hydrogen (secondary N) is 2. The zero-order chi connectivity index (χ0) is 19.5. The minimum atomic E-state index is -0.630. The molecular weight excluding hydrogens is 352 g/mol. The van der Waals surface area contributed by atoms with Crippen molar-refractivity contribution in [3.63, 3.8) is 0 Å². The van der Waals surface area contributed by atoms with Crippen molar-refractivity contribution in [2.75, 3.05) is 19.5 Å². The molecule has 26 heavy (non-hydrogen) atoms. The van der Waals surface area contributed by atoms with Crippen LogP contribution in [0, 0.1) is 13.8 Å². The number of rotatable bonds is 5. The van der Waals surface area contributed by atoms with Gasteiger partial charge in [0.25, 0.3) is 0 Å². The van der Waals surface area contributed by atoms with Crippen molar-refractivity contribution < 1.29 is 14.3 Å². The van der Waals surface area contributed by atoms with E-state index in [0.717, 1.165) is 16.7 Å². The second-order valence-electron chi connectivity index (χ2n) is 6.71. The Morgan fingerprint density at radius 3 is 2.27 bits per heavy atom. The number of hydrogen-bond donors (Lipinski definition) is 2. The monoisotopic (exact) mass is 376 g/mol. The largest absolute Gasteiger partial charge is 0.493 e. The molecule has 0 aliphatic carbocycles. The molecule has 2 aromatic carbocycles. The van der Waals surface area contributed by atoms with Gasteiger partial charge in [0.15, 0.2) is 11.5 Å². The van der Waals surface area contributed by atoms with Gasteiger partial charge in [0, 0.05) is 0 Å². The third kappa shape index (κ3) is 4.41. The van der Waals surface area contributed by atoms with Gasteiger partial charge in [-0.1, -0.05) is 23.7 Å². The quantitative estimate of drug-likeness (QED) is 0.769. The molecule has 2 N–H and O–H groups in total. The van der Waals surface area contributed by atoms with E-state index in [-0.39, 0.29) is 6.03 Å². The van der Waals surface area contributed by atoms with Crippen LogP contribution in [-0.4, -0.2) is 20.3 Å². The highest BCUT2D eigenvalue weighted by molar-refractivity contribution is 6.34. The standard InChI is InChI=1S/C20H25ClN2O3/c1-12-9-13(2)18(15(21)10-12)22-19(24)23-20(3,4)14-7-8-16(25-5)17(11-14)26-6/h7-11H,1-6H3,(H2,22,23,24). The molecule has 0 aliphatic rings. The highest BCUT2D eigenvalue weighted by Gasteiger charge is 2.25. The molecular formula is C20H25ClN2O3. The Balaban J connectivity index is 2.20. The van der Waals surface area contributed by atoms with Gasteiger partial charge in [-0.2, -0.15) is 0 Å². The molecule has 0 radical (unpaired) electrons. The zero-order valence-corrected chi connectivity index (χ0v) is 16.7. The summed E-state index contributed by atoms with van der Waals surface area (Å²) in [5.74, 6) is 1.25. The first kappa shape index (κ1) is 19.9. The Morgan fingerprint density at radius 1 is 1.04 bits per heavy atom. The molecule has 0 aliphatic heterocycles. The average molecular weight is 377 g/mol. The van der Waals surface area contributed by atoms with Crippen molar-refractivity contribution in [1.82, 2.24) is 5.32 Å². The van der Waals surface area contributed by atoms with E-state index in [1.54, 1.807) is 14.2 Å². The summed E-state index contributed by atoms with van der Waals surface area (Å²) in [6.45, 7) is 7.70. The topological polar surface area (TPSA) is 59.6 Å². The van der Waals surface area contributed by atoms with Gasteiger partial charge in [0.05, 0.1) is 30.5 Å². The lowest BCUT2D eigenvalue weighted by molar-refractivity contribution is 0.241. The van der Waals surface area contributed by atoms with Crippen LogP contribution in [0.25, 0.3) is 0 Å². The molecule has 0 saturated heterocycles. The number of halogens is 1. The van der Waals surface area contributed by atoms with Gasteiger partial charge in [0.1, 0.15) is 0 Å². The van der Waals surface area contributed by atoms with Gasteiger partial charge < -0.3 is 20.1 Å². The fraction of sp³-hybridized carbons (Fsp3) is 0.350. The van der Waals surface area contributed by atoms with E-state index in [1.165, 1.54) is 0 Å². The Kier molecular flexibility index (Phi) is 6.03. The summed E-state index contributed by atoms with van der Waals surface area (Å²) >= 11 is 6.27. The van der Waals surface area contributed by atoms with Gasteiger partial charge >= 0.3 is 6.03 Å². The second-order valence-corrected chi connectivity index (χ2v) is 7.12. The lowest BCUT2D eigenvalue weighted by atomic mass is 9.94. The maximum Gasteiger partial charge on any atom is 0.319 e. The maximum absolute atomic E-state index is 12.5. The predicted octanol–water partition coefficient (Wildman–Crippen LogP) is 5.03. The molecule has 6 heteroatoms. The summed E-state index contributed by atoms with van der Waals surface area (Å²) in [5.41, 5.74) is 2.82. The molecule has 0 fully saturated rings. The number of anilines is 1. The van der Waals surface area contributed by atoms with Gasteiger partial charge in [-0.05, 0) is 62.6 Å². The number of ether oxygens (including phenoxy) is 2. The van der Waals surface area contributed by atoms with E-state index in [4.69, 9.17) is 21.1 Å². The fourth-order valence-corrected chi connectivity index (χ4v) is 3.17. The van der Waals surface area contributed by atoms with Gasteiger partial charge in [0.2, 0.25) is 0 Å². The summed E-state index contributed by atoms with van der Waals surface area (Å²) in [4.78, 5) is 12.5. The van der Waals surface area contributed by atoms with Crippen molar-refractivity contribution in [2.24, 2.45) is 0 Å². The molecule has 2 amide bonds. The molecule has 2 aromatic rings. The molecule has 0 saturated carbocycles. The molecule has 0 aromatic heterocycles. The molecule has 5 nitrogen and oxygen atoms in total. The van der Waals surface area contributed by atoms with Gasteiger partial charge in [-0.3, -0.25) is 0 Å². The van der Waals surface area contributed by atoms with Crippen LogP contribution in [0.5, 0.6) is 11.5 Å². The van der Waals surface area contributed by atoms with Crippen LogP contribution < -0.4 is 20.1 Å². The summed E-state index contributed by atoms with van der Waals surface area (Å²) in [6, 6.07) is 9.02. The molecule has 2 rings (SSSR count). The number of urea groups is 1. The van der Waals surface area contributed by atoms with Gasteiger partial charge in [-0.25, -0.2) is 4.79 Å². The van der Waals surface area contributed by atoms with Crippen LogP contribution in [0.1, 0.15) is 30.5 Å². The van der Waals surface area contributed by atoms with Crippen LogP contribution in [0.3, 0.4) is 0 Å². The van der Waals surface area contributed by atoms with Gasteiger partial charge in [-0.15, -0.1) is 0 Å². The highest BCUT2D eigenvalue weighted by Crippen LogP contribution is 2.32. The Hall–Kier alpha value is -2.40. The SMILES string of the molecule is COc1ccc(C(C)(C)NC(=O)Nc2c(C)cc(C)cc2Cl)cc1OC. The lowest BCUT2D eigenvalue weighted by Crippen LogP contribution is -2.43. The normalized spacial score (nSPS) is 11.0. The van der Waals surface area contributed by atoms with Crippen molar-refractivity contribution in [1.29, 1.82) is 0 Å². The smallest absolute Gasteiger partial charge is 0.319 e. The number of carbonyl (C=O) groups is 1. The lowest BCUT2D eigenvalue weighted by Gasteiger charge is -2.28. The molecule has 0 heterocycles. The van der Waals surface area contributed by atoms with E-state index in [2.05, 4.69) is 10.6 Å². The summed E-state index contributed by atoms with van der Waals surface area (Å²) in [5, 5.41) is 6.33. The first-order chi connectivity index (χ1) is 12.2. The summed E-state index contributed by atoms with van der Waals surface area (Å²) in [7, 11) is 3.17. The predicted molar refractivity (Wildman–Crippen MR) is 106 cm³/mol. The van der Waals surface area contributed by atoms with Crippen molar-refractivity contribution in [3.05, 3.63) is 52.0 Å². The number of methoxy groups -OCH3 is 2. The van der Waals surface area contributed by atoms with E-state index in [0.29, 0.717) is 22.2 Å². The number of carbonyl (C=O) groups excluding carboxylic acids is 1. The number of hydrogen-bond acceptors (Lipinski definition) is 3. The van der Waals surface area contributed by atoms with Crippen LogP contribution in [-0.2, 0) is 5.54 Å². The summed E-state index contributed by atoms with van der Waals surface area (Å²) in [6.07, 6.45) is 0. The zero-order valence-electron chi connectivity index (χ0n) is 16.0. The van der Waals surface area contributed by atoms with Crippen molar-refractivity contribution in [2.45, 2.75) is 33.2 Å². The van der Waals surface area contributed by atoms with Crippen LogP contribution in [0.2, 0.25) is 5.02 Å². The first-order valence-electron chi connectivity index (χ1n) is 8.26. The van der Waals surface area contributed by atoms with E-state index >= 15 is 0 Å². The average Bonchev–Trinajstić information content (AvgIpc) is 2.57. The number of aryl methyl sites for hydroxylation is 2. The van der Waals surface area contributed by atoms with Crippen molar-refractivity contribution >= 4 is 23.3 Å². The number of amides is 2. The number of benzene rings is 2. The minimum absolute atomic E-state index is 0.335. The van der Waals surface area contributed by atoms with E-state index in [9.17, 15) is 4.79 Å². The Morgan fingerprint density at radius 2 is 1.69 bits per heavy atom. The molecule has 140 valence electrons. The molecule has 0 atom stereocenters. The minimum Gasteiger partial charge on any atom is -0.493 e. The Bertz CT molecular complexity index is 796. The Labute approximate surface area is 159 Å². The van der Waals surface area contributed by atoms with E-state index in [1.807, 2.05) is 58.0 Å². The maximum atomic E-state index is 12.5. The van der Waals surface area contributed by atoms with E-state index < -0.39 is 5.54 Å².